The molecule has 56 heavy (non-hydrogen) atoms. The number of benzene rings is 7. The van der Waals surface area contributed by atoms with E-state index in [0.717, 1.165) is 40.3 Å². The molecule has 0 saturated heterocycles. The van der Waals surface area contributed by atoms with Crippen LogP contribution in [0.15, 0.2) is 159 Å². The number of carbonyl (C=O) groups is 2. The number of hydrogen-bond donors (Lipinski definition) is 0. The van der Waals surface area contributed by atoms with E-state index in [4.69, 9.17) is 18.9 Å². The lowest BCUT2D eigenvalue weighted by Crippen LogP contribution is -2.11. The highest BCUT2D eigenvalue weighted by Gasteiger charge is 2.17. The molecular weight excluding hydrogens is 699 g/mol. The van der Waals surface area contributed by atoms with Gasteiger partial charge >= 0.3 is 11.9 Å². The Kier molecular flexibility index (Phi) is 11.7. The fraction of sp³-hybridized carbons (Fsp3) is 0.143. The van der Waals surface area contributed by atoms with Crippen LogP contribution in [0.25, 0.3) is 43.4 Å². The smallest absolute Gasteiger partial charge is 0.330 e. The summed E-state index contributed by atoms with van der Waals surface area (Å²) in [5.41, 5.74) is 6.33. The largest absolute Gasteiger partial charge is 0.493 e. The molecule has 0 radical (unpaired) electrons. The van der Waals surface area contributed by atoms with E-state index in [1.807, 2.05) is 48.5 Å². The molecule has 0 bridgehead atoms. The van der Waals surface area contributed by atoms with Crippen molar-refractivity contribution < 1.29 is 28.5 Å². The minimum atomic E-state index is -0.442. The molecule has 0 unspecified atom stereocenters. The third-order valence-electron chi connectivity index (χ3n) is 9.66. The molecule has 7 rings (SSSR count). The van der Waals surface area contributed by atoms with Gasteiger partial charge in [-0.15, -0.1) is 0 Å². The van der Waals surface area contributed by atoms with Gasteiger partial charge in [0.2, 0.25) is 0 Å². The number of esters is 2. The van der Waals surface area contributed by atoms with E-state index in [2.05, 4.69) is 110 Å². The zero-order valence-electron chi connectivity index (χ0n) is 31.4. The van der Waals surface area contributed by atoms with E-state index in [9.17, 15) is 9.59 Å². The number of fused-ring (bicyclic) bond motifs is 6. The van der Waals surface area contributed by atoms with Crippen LogP contribution < -0.4 is 14.4 Å². The van der Waals surface area contributed by atoms with Crippen molar-refractivity contribution >= 4 is 61.3 Å². The maximum Gasteiger partial charge on any atom is 0.330 e. The Morgan fingerprint density at radius 3 is 1.45 bits per heavy atom. The minimum Gasteiger partial charge on any atom is -0.493 e. The summed E-state index contributed by atoms with van der Waals surface area (Å²) in [7, 11) is 0. The fourth-order valence-electron chi connectivity index (χ4n) is 6.93. The standard InChI is InChI=1S/C49H43NO6/c1-4-48(51)55-30-10-28-53-39-23-19-36(20-24-39)50(37-21-25-40(26-22-37)54-29-11-31-56-49(52)5-2)38-18-16-34(3)46(33-38)35-17-27-45-43-14-7-6-12-41(43)42-13-8-9-15-44(42)47(45)32-35/h4-9,12-27,32-33H,1-2,10-11,28-31H2,3H3. The van der Waals surface area contributed by atoms with Crippen LogP contribution in [0.4, 0.5) is 17.1 Å². The lowest BCUT2D eigenvalue weighted by atomic mass is 9.91. The third-order valence-corrected chi connectivity index (χ3v) is 9.66. The first kappa shape index (κ1) is 37.5. The van der Waals surface area contributed by atoms with Crippen LogP contribution in [0.2, 0.25) is 0 Å². The summed E-state index contributed by atoms with van der Waals surface area (Å²) in [6.45, 7) is 10.3. The Labute approximate surface area is 327 Å². The van der Waals surface area contributed by atoms with Crippen molar-refractivity contribution in [3.8, 4) is 22.6 Å². The van der Waals surface area contributed by atoms with Gasteiger partial charge in [0, 0.05) is 42.1 Å². The van der Waals surface area contributed by atoms with E-state index < -0.39 is 11.9 Å². The van der Waals surface area contributed by atoms with Crippen molar-refractivity contribution in [2.75, 3.05) is 31.3 Å². The van der Waals surface area contributed by atoms with E-state index >= 15 is 0 Å². The zero-order chi connectivity index (χ0) is 38.9. The summed E-state index contributed by atoms with van der Waals surface area (Å²) < 4.78 is 22.0. The number of nitrogens with zero attached hydrogens (tertiary/aromatic N) is 1. The van der Waals surface area contributed by atoms with Gasteiger partial charge in [0.1, 0.15) is 11.5 Å². The molecule has 0 amide bonds. The van der Waals surface area contributed by atoms with Crippen molar-refractivity contribution in [2.45, 2.75) is 19.8 Å². The predicted octanol–water partition coefficient (Wildman–Crippen LogP) is 11.6. The minimum absolute atomic E-state index is 0.263. The molecule has 0 spiro atoms. The molecule has 0 N–H and O–H groups in total. The molecule has 0 aromatic heterocycles. The number of rotatable bonds is 16. The Morgan fingerprint density at radius 1 is 0.518 bits per heavy atom. The average Bonchev–Trinajstić information content (AvgIpc) is 3.24. The van der Waals surface area contributed by atoms with Gasteiger partial charge < -0.3 is 23.8 Å². The summed E-state index contributed by atoms with van der Waals surface area (Å²) in [5, 5.41) is 7.45. The second kappa shape index (κ2) is 17.5. The molecule has 0 aliphatic heterocycles. The SMILES string of the molecule is C=CC(=O)OCCCOc1ccc(N(c2ccc(OCCCOC(=O)C=C)cc2)c2ccc(C)c(-c3ccc4c5ccccc5c5ccccc5c4c3)c2)cc1. The third kappa shape index (κ3) is 8.43. The summed E-state index contributed by atoms with van der Waals surface area (Å²) in [6.07, 6.45) is 3.44. The molecule has 0 aliphatic rings. The highest BCUT2D eigenvalue weighted by Crippen LogP contribution is 2.41. The summed E-state index contributed by atoms with van der Waals surface area (Å²) in [6, 6.07) is 46.6. The van der Waals surface area contributed by atoms with Crippen LogP contribution in [0.1, 0.15) is 18.4 Å². The first-order valence-corrected chi connectivity index (χ1v) is 18.7. The summed E-state index contributed by atoms with van der Waals surface area (Å²) >= 11 is 0. The fourth-order valence-corrected chi connectivity index (χ4v) is 6.93. The average molecular weight is 742 g/mol. The number of ether oxygens (including phenoxy) is 4. The Bertz CT molecular complexity index is 2410. The molecular formula is C49H43NO6. The van der Waals surface area contributed by atoms with Crippen molar-refractivity contribution in [2.24, 2.45) is 0 Å². The maximum absolute atomic E-state index is 11.4. The van der Waals surface area contributed by atoms with Crippen molar-refractivity contribution in [3.05, 3.63) is 164 Å². The number of carbonyl (C=O) groups excluding carboxylic acids is 2. The number of hydrogen-bond acceptors (Lipinski definition) is 7. The molecule has 0 atom stereocenters. The Balaban J connectivity index is 1.21. The van der Waals surface area contributed by atoms with Gasteiger partial charge in [0.05, 0.1) is 26.4 Å². The van der Waals surface area contributed by atoms with Crippen LogP contribution in [0.5, 0.6) is 11.5 Å². The van der Waals surface area contributed by atoms with Crippen LogP contribution in [-0.2, 0) is 19.1 Å². The molecule has 7 aromatic carbocycles. The lowest BCUT2D eigenvalue weighted by molar-refractivity contribution is -0.138. The van der Waals surface area contributed by atoms with Crippen molar-refractivity contribution in [3.63, 3.8) is 0 Å². The molecule has 280 valence electrons. The van der Waals surface area contributed by atoms with E-state index in [1.54, 1.807) is 0 Å². The molecule has 7 nitrogen and oxygen atoms in total. The highest BCUT2D eigenvalue weighted by atomic mass is 16.5. The van der Waals surface area contributed by atoms with Crippen LogP contribution in [-0.4, -0.2) is 38.4 Å². The van der Waals surface area contributed by atoms with Gasteiger partial charge in [-0.3, -0.25) is 0 Å². The molecule has 0 heterocycles. The second-order valence-electron chi connectivity index (χ2n) is 13.3. The summed E-state index contributed by atoms with van der Waals surface area (Å²) in [4.78, 5) is 24.9. The van der Waals surface area contributed by atoms with E-state index in [0.29, 0.717) is 37.6 Å². The Morgan fingerprint density at radius 2 is 0.964 bits per heavy atom. The molecule has 0 saturated carbocycles. The maximum atomic E-state index is 11.4. The quantitative estimate of drug-likeness (QED) is 0.0422. The van der Waals surface area contributed by atoms with Crippen LogP contribution in [0.3, 0.4) is 0 Å². The van der Waals surface area contributed by atoms with E-state index in [1.165, 1.54) is 37.9 Å². The summed E-state index contributed by atoms with van der Waals surface area (Å²) in [5.74, 6) is 0.545. The molecule has 7 heteroatoms. The van der Waals surface area contributed by atoms with Gasteiger partial charge in [-0.05, 0) is 123 Å². The first-order valence-electron chi connectivity index (χ1n) is 18.7. The van der Waals surface area contributed by atoms with Crippen molar-refractivity contribution in [1.29, 1.82) is 0 Å². The van der Waals surface area contributed by atoms with Gasteiger partial charge in [-0.25, -0.2) is 9.59 Å². The molecule has 7 aromatic rings. The van der Waals surface area contributed by atoms with Crippen molar-refractivity contribution in [1.82, 2.24) is 0 Å². The normalized spacial score (nSPS) is 10.9. The van der Waals surface area contributed by atoms with Gasteiger partial charge in [-0.1, -0.05) is 79.9 Å². The molecule has 0 fully saturated rings. The van der Waals surface area contributed by atoms with Gasteiger partial charge in [0.15, 0.2) is 0 Å². The van der Waals surface area contributed by atoms with Gasteiger partial charge in [-0.2, -0.15) is 0 Å². The van der Waals surface area contributed by atoms with Crippen LogP contribution in [0, 0.1) is 6.92 Å². The predicted molar refractivity (Wildman–Crippen MR) is 226 cm³/mol. The Hall–Kier alpha value is -6.86. The topological polar surface area (TPSA) is 74.3 Å². The van der Waals surface area contributed by atoms with Crippen LogP contribution >= 0.6 is 0 Å². The molecule has 0 aliphatic carbocycles. The first-order chi connectivity index (χ1) is 27.4. The zero-order valence-corrected chi connectivity index (χ0v) is 31.4. The van der Waals surface area contributed by atoms with Gasteiger partial charge in [0.25, 0.3) is 0 Å². The van der Waals surface area contributed by atoms with E-state index in [-0.39, 0.29) is 13.2 Å². The number of anilines is 3. The number of aryl methyl sites for hydroxylation is 1. The second-order valence-corrected chi connectivity index (χ2v) is 13.3. The highest BCUT2D eigenvalue weighted by molar-refractivity contribution is 6.25. The monoisotopic (exact) mass is 741 g/mol. The lowest BCUT2D eigenvalue weighted by Gasteiger charge is -2.27.